The highest BCUT2D eigenvalue weighted by molar-refractivity contribution is 5.86. The summed E-state index contributed by atoms with van der Waals surface area (Å²) in [4.78, 5) is 36.0. The van der Waals surface area contributed by atoms with E-state index in [0.717, 1.165) is 22.3 Å². The smallest absolute Gasteiger partial charge is 0.407 e. The van der Waals surface area contributed by atoms with E-state index in [1.54, 1.807) is 0 Å². The highest BCUT2D eigenvalue weighted by atomic mass is 16.5. The molecule has 8 heteroatoms. The fraction of sp³-hybridized carbons (Fsp3) is 0.400. The Morgan fingerprint density at radius 3 is 2.15 bits per heavy atom. The average molecular weight is 455 g/mol. The van der Waals surface area contributed by atoms with Crippen LogP contribution in [0.25, 0.3) is 11.1 Å². The summed E-state index contributed by atoms with van der Waals surface area (Å²) in [6, 6.07) is 14.8. The summed E-state index contributed by atoms with van der Waals surface area (Å²) < 4.78 is 10.6. The van der Waals surface area contributed by atoms with Crippen molar-refractivity contribution in [3.8, 4) is 11.1 Å². The van der Waals surface area contributed by atoms with Crippen LogP contribution in [0.1, 0.15) is 43.2 Å². The number of carboxylic acids is 1. The van der Waals surface area contributed by atoms with Crippen LogP contribution in [-0.2, 0) is 19.1 Å². The fourth-order valence-electron chi connectivity index (χ4n) is 4.11. The summed E-state index contributed by atoms with van der Waals surface area (Å²) in [5, 5.41) is 14.2. The second-order valence-corrected chi connectivity index (χ2v) is 8.02. The van der Waals surface area contributed by atoms with Crippen molar-refractivity contribution in [1.82, 2.24) is 10.6 Å². The molecule has 2 atom stereocenters. The van der Waals surface area contributed by atoms with E-state index in [9.17, 15) is 14.4 Å². The molecule has 0 aliphatic heterocycles. The van der Waals surface area contributed by atoms with Crippen molar-refractivity contribution in [3.05, 3.63) is 59.7 Å². The van der Waals surface area contributed by atoms with Crippen molar-refractivity contribution in [1.29, 1.82) is 0 Å². The van der Waals surface area contributed by atoms with Gasteiger partial charge in [0.25, 0.3) is 0 Å². The lowest BCUT2D eigenvalue weighted by molar-refractivity contribution is -0.137. The molecule has 1 aliphatic carbocycles. The summed E-state index contributed by atoms with van der Waals surface area (Å²) in [5.41, 5.74) is 4.46. The van der Waals surface area contributed by atoms with Crippen LogP contribution in [0, 0.1) is 0 Å². The molecule has 2 amide bonds. The Kier molecular flexibility index (Phi) is 8.43. The van der Waals surface area contributed by atoms with Crippen LogP contribution in [0.5, 0.6) is 0 Å². The van der Waals surface area contributed by atoms with Crippen molar-refractivity contribution in [2.45, 2.75) is 44.2 Å². The maximum Gasteiger partial charge on any atom is 0.407 e. The standard InChI is InChI=1S/C25H30N2O6/c1-3-16(12-13-23(28)29)26-24(30)22(15-32-2)27-25(31)33-14-21-19-10-6-4-8-17(19)18-9-5-7-11-20(18)21/h4-11,16,21-22H,3,12-15H2,1-2H3,(H,26,30)(H,27,31)(H,28,29). The topological polar surface area (TPSA) is 114 Å². The zero-order valence-corrected chi connectivity index (χ0v) is 18.9. The quantitative estimate of drug-likeness (QED) is 0.480. The Morgan fingerprint density at radius 1 is 1.00 bits per heavy atom. The second kappa shape index (κ2) is 11.5. The van der Waals surface area contributed by atoms with Crippen LogP contribution in [-0.4, -0.2) is 55.5 Å². The minimum absolute atomic E-state index is 0.0363. The molecule has 8 nitrogen and oxygen atoms in total. The van der Waals surface area contributed by atoms with Gasteiger partial charge >= 0.3 is 12.1 Å². The van der Waals surface area contributed by atoms with Crippen LogP contribution >= 0.6 is 0 Å². The molecular formula is C25H30N2O6. The molecule has 0 aromatic heterocycles. The summed E-state index contributed by atoms with van der Waals surface area (Å²) in [5.74, 6) is -1.45. The number of hydrogen-bond acceptors (Lipinski definition) is 5. The average Bonchev–Trinajstić information content (AvgIpc) is 3.13. The number of hydrogen-bond donors (Lipinski definition) is 3. The number of nitrogens with one attached hydrogen (secondary N) is 2. The van der Waals surface area contributed by atoms with Gasteiger partial charge in [0.05, 0.1) is 6.61 Å². The summed E-state index contributed by atoms with van der Waals surface area (Å²) in [6.07, 6.45) is 0.118. The van der Waals surface area contributed by atoms with Gasteiger partial charge < -0.3 is 25.2 Å². The molecule has 0 radical (unpaired) electrons. The van der Waals surface area contributed by atoms with E-state index >= 15 is 0 Å². The summed E-state index contributed by atoms with van der Waals surface area (Å²) in [7, 11) is 1.43. The SMILES string of the molecule is CCC(CCC(=O)O)NC(=O)C(COC)NC(=O)OCC1c2ccccc2-c2ccccc21. The molecule has 0 spiro atoms. The van der Waals surface area contributed by atoms with Gasteiger partial charge in [0.1, 0.15) is 12.6 Å². The molecule has 0 saturated heterocycles. The van der Waals surface area contributed by atoms with Crippen molar-refractivity contribution in [3.63, 3.8) is 0 Å². The van der Waals surface area contributed by atoms with Crippen molar-refractivity contribution in [2.24, 2.45) is 0 Å². The predicted octanol–water partition coefficient (Wildman–Crippen LogP) is 3.30. The number of aliphatic carboxylic acids is 1. The molecular weight excluding hydrogens is 424 g/mol. The molecule has 0 saturated carbocycles. The molecule has 3 N–H and O–H groups in total. The first-order valence-electron chi connectivity index (χ1n) is 11.1. The van der Waals surface area contributed by atoms with E-state index in [-0.39, 0.29) is 31.6 Å². The first kappa shape index (κ1) is 24.3. The highest BCUT2D eigenvalue weighted by Gasteiger charge is 2.30. The number of alkyl carbamates (subject to hydrolysis) is 1. The van der Waals surface area contributed by atoms with E-state index < -0.39 is 24.0 Å². The number of fused-ring (bicyclic) bond motifs is 3. The second-order valence-electron chi connectivity index (χ2n) is 8.02. The number of rotatable bonds is 11. The number of carbonyl (C=O) groups excluding carboxylic acids is 2. The van der Waals surface area contributed by atoms with Crippen molar-refractivity contribution in [2.75, 3.05) is 20.3 Å². The fourth-order valence-corrected chi connectivity index (χ4v) is 4.11. The minimum Gasteiger partial charge on any atom is -0.481 e. The zero-order valence-electron chi connectivity index (χ0n) is 18.9. The van der Waals surface area contributed by atoms with E-state index in [1.165, 1.54) is 7.11 Å². The molecule has 2 unspecified atom stereocenters. The third kappa shape index (κ3) is 6.10. The minimum atomic E-state index is -0.954. The Balaban J connectivity index is 1.60. The van der Waals surface area contributed by atoms with Crippen LogP contribution in [0.2, 0.25) is 0 Å². The molecule has 0 fully saturated rings. The molecule has 3 rings (SSSR count). The number of amides is 2. The number of carboxylic acid groups (broad SMARTS) is 1. The molecule has 176 valence electrons. The summed E-state index contributed by atoms with van der Waals surface area (Å²) >= 11 is 0. The van der Waals surface area contributed by atoms with Gasteiger partial charge in [-0.05, 0) is 35.1 Å². The van der Waals surface area contributed by atoms with Gasteiger partial charge in [-0.15, -0.1) is 0 Å². The number of benzene rings is 2. The van der Waals surface area contributed by atoms with Crippen LogP contribution in [0.15, 0.2) is 48.5 Å². The van der Waals surface area contributed by atoms with Gasteiger partial charge in [-0.1, -0.05) is 55.5 Å². The number of methoxy groups -OCH3 is 1. The first-order valence-corrected chi connectivity index (χ1v) is 11.1. The molecule has 0 heterocycles. The molecule has 1 aliphatic rings. The van der Waals surface area contributed by atoms with Gasteiger partial charge in [0.2, 0.25) is 5.91 Å². The largest absolute Gasteiger partial charge is 0.481 e. The predicted molar refractivity (Wildman–Crippen MR) is 123 cm³/mol. The number of carbonyl (C=O) groups is 3. The molecule has 33 heavy (non-hydrogen) atoms. The third-order valence-electron chi connectivity index (χ3n) is 5.83. The maximum atomic E-state index is 12.7. The van der Waals surface area contributed by atoms with E-state index in [1.807, 2.05) is 43.3 Å². The maximum absolute atomic E-state index is 12.7. The Morgan fingerprint density at radius 2 is 1.61 bits per heavy atom. The Hall–Kier alpha value is -3.39. The van der Waals surface area contributed by atoms with E-state index in [2.05, 4.69) is 22.8 Å². The zero-order chi connectivity index (χ0) is 23.8. The Bertz CT molecular complexity index is 947. The highest BCUT2D eigenvalue weighted by Crippen LogP contribution is 2.44. The van der Waals surface area contributed by atoms with Gasteiger partial charge in [-0.2, -0.15) is 0 Å². The molecule has 0 bridgehead atoms. The normalized spacial score (nSPS) is 14.0. The van der Waals surface area contributed by atoms with Gasteiger partial charge in [0.15, 0.2) is 0 Å². The van der Waals surface area contributed by atoms with Crippen LogP contribution < -0.4 is 10.6 Å². The summed E-state index contributed by atoms with van der Waals surface area (Å²) in [6.45, 7) is 1.96. The molecule has 2 aromatic carbocycles. The van der Waals surface area contributed by atoms with E-state index in [0.29, 0.717) is 12.8 Å². The monoisotopic (exact) mass is 454 g/mol. The lowest BCUT2D eigenvalue weighted by Crippen LogP contribution is -2.52. The van der Waals surface area contributed by atoms with Crippen LogP contribution in [0.3, 0.4) is 0 Å². The molecule has 2 aromatic rings. The van der Waals surface area contributed by atoms with Crippen LogP contribution in [0.4, 0.5) is 4.79 Å². The van der Waals surface area contributed by atoms with Gasteiger partial charge in [0, 0.05) is 25.5 Å². The lowest BCUT2D eigenvalue weighted by Gasteiger charge is -2.22. The van der Waals surface area contributed by atoms with Crippen molar-refractivity contribution >= 4 is 18.0 Å². The van der Waals surface area contributed by atoms with Crippen molar-refractivity contribution < 1.29 is 29.0 Å². The Labute approximate surface area is 193 Å². The third-order valence-corrected chi connectivity index (χ3v) is 5.83. The lowest BCUT2D eigenvalue weighted by atomic mass is 9.98. The number of ether oxygens (including phenoxy) is 2. The van der Waals surface area contributed by atoms with Gasteiger partial charge in [-0.25, -0.2) is 4.79 Å². The van der Waals surface area contributed by atoms with E-state index in [4.69, 9.17) is 14.6 Å². The first-order chi connectivity index (χ1) is 15.9. The van der Waals surface area contributed by atoms with Gasteiger partial charge in [-0.3, -0.25) is 9.59 Å².